The number of aromatic hydroxyl groups is 1. The standard InChI is InChI=1S/C12H13N5O3/c1-8-11(17(19)20)12(16(2)15-8)14-13-7-9-3-5-10(18)6-4-9/h3-7,14,18H,1-2H3/b13-7+. The van der Waals surface area contributed by atoms with Crippen molar-refractivity contribution in [2.45, 2.75) is 6.92 Å². The van der Waals surface area contributed by atoms with Gasteiger partial charge < -0.3 is 5.11 Å². The summed E-state index contributed by atoms with van der Waals surface area (Å²) in [6.07, 6.45) is 1.49. The Labute approximate surface area is 114 Å². The molecule has 0 spiro atoms. The van der Waals surface area contributed by atoms with E-state index < -0.39 is 4.92 Å². The monoisotopic (exact) mass is 275 g/mol. The van der Waals surface area contributed by atoms with Crippen LogP contribution < -0.4 is 5.43 Å². The van der Waals surface area contributed by atoms with Gasteiger partial charge >= 0.3 is 5.69 Å². The van der Waals surface area contributed by atoms with Crippen molar-refractivity contribution in [2.24, 2.45) is 12.1 Å². The van der Waals surface area contributed by atoms with Gasteiger partial charge in [0.05, 0.1) is 11.1 Å². The number of aromatic nitrogens is 2. The fourth-order valence-corrected chi connectivity index (χ4v) is 1.72. The molecular formula is C12H13N5O3. The van der Waals surface area contributed by atoms with E-state index in [-0.39, 0.29) is 17.3 Å². The highest BCUT2D eigenvalue weighted by Crippen LogP contribution is 2.27. The minimum absolute atomic E-state index is 0.102. The van der Waals surface area contributed by atoms with Gasteiger partial charge in [0.15, 0.2) is 0 Å². The number of benzene rings is 1. The van der Waals surface area contributed by atoms with Crippen molar-refractivity contribution >= 4 is 17.7 Å². The summed E-state index contributed by atoms with van der Waals surface area (Å²) >= 11 is 0. The van der Waals surface area contributed by atoms with Gasteiger partial charge in [-0.2, -0.15) is 10.2 Å². The molecule has 8 nitrogen and oxygen atoms in total. The van der Waals surface area contributed by atoms with Gasteiger partial charge in [-0.25, -0.2) is 4.68 Å². The molecule has 1 heterocycles. The summed E-state index contributed by atoms with van der Waals surface area (Å²) in [6, 6.07) is 6.39. The van der Waals surface area contributed by atoms with E-state index in [0.717, 1.165) is 5.56 Å². The third kappa shape index (κ3) is 2.74. The van der Waals surface area contributed by atoms with Crippen molar-refractivity contribution in [1.29, 1.82) is 0 Å². The first-order chi connectivity index (χ1) is 9.49. The normalized spacial score (nSPS) is 10.9. The molecule has 0 saturated carbocycles. The minimum Gasteiger partial charge on any atom is -0.508 e. The van der Waals surface area contributed by atoms with Crippen LogP contribution in [-0.4, -0.2) is 26.0 Å². The number of hydrogen-bond acceptors (Lipinski definition) is 6. The maximum Gasteiger partial charge on any atom is 0.335 e. The number of nitrogens with zero attached hydrogens (tertiary/aromatic N) is 4. The van der Waals surface area contributed by atoms with E-state index in [9.17, 15) is 10.1 Å². The maximum absolute atomic E-state index is 11.0. The highest BCUT2D eigenvalue weighted by molar-refractivity contribution is 5.80. The summed E-state index contributed by atoms with van der Waals surface area (Å²) in [7, 11) is 1.60. The SMILES string of the molecule is Cc1nn(C)c(N/N=C/c2ccc(O)cc2)c1[N+](=O)[O-]. The van der Waals surface area contributed by atoms with Gasteiger partial charge in [0.25, 0.3) is 0 Å². The van der Waals surface area contributed by atoms with E-state index in [0.29, 0.717) is 5.69 Å². The zero-order valence-corrected chi connectivity index (χ0v) is 10.9. The average Bonchev–Trinajstić information content (AvgIpc) is 2.66. The lowest BCUT2D eigenvalue weighted by molar-refractivity contribution is -0.384. The number of phenols is 1. The molecular weight excluding hydrogens is 262 g/mol. The summed E-state index contributed by atoms with van der Waals surface area (Å²) in [4.78, 5) is 10.5. The van der Waals surface area contributed by atoms with Crippen LogP contribution in [0, 0.1) is 17.0 Å². The third-order valence-electron chi connectivity index (χ3n) is 2.65. The van der Waals surface area contributed by atoms with Gasteiger partial charge in [-0.15, -0.1) is 0 Å². The fourth-order valence-electron chi connectivity index (χ4n) is 1.72. The quantitative estimate of drug-likeness (QED) is 0.502. The summed E-state index contributed by atoms with van der Waals surface area (Å²) < 4.78 is 1.36. The Kier molecular flexibility index (Phi) is 3.65. The molecule has 104 valence electrons. The first kappa shape index (κ1) is 13.5. The first-order valence-corrected chi connectivity index (χ1v) is 5.75. The van der Waals surface area contributed by atoms with Gasteiger partial charge in [0.1, 0.15) is 11.4 Å². The molecule has 0 amide bonds. The topological polar surface area (TPSA) is 106 Å². The lowest BCUT2D eigenvalue weighted by Gasteiger charge is -2.00. The fraction of sp³-hybridized carbons (Fsp3) is 0.167. The van der Waals surface area contributed by atoms with Crippen LogP contribution in [0.2, 0.25) is 0 Å². The predicted octanol–water partition coefficient (Wildman–Crippen LogP) is 1.79. The highest BCUT2D eigenvalue weighted by atomic mass is 16.6. The Hall–Kier alpha value is -2.90. The van der Waals surface area contributed by atoms with Crippen LogP contribution in [-0.2, 0) is 7.05 Å². The Morgan fingerprint density at radius 1 is 1.45 bits per heavy atom. The number of nitrogens with one attached hydrogen (secondary N) is 1. The zero-order valence-electron chi connectivity index (χ0n) is 10.9. The number of hydrogen-bond donors (Lipinski definition) is 2. The van der Waals surface area contributed by atoms with Crippen LogP contribution >= 0.6 is 0 Å². The predicted molar refractivity (Wildman–Crippen MR) is 73.9 cm³/mol. The summed E-state index contributed by atoms with van der Waals surface area (Å²) in [6.45, 7) is 1.56. The lowest BCUT2D eigenvalue weighted by Crippen LogP contribution is -2.01. The van der Waals surface area contributed by atoms with Gasteiger partial charge in [0, 0.05) is 7.05 Å². The van der Waals surface area contributed by atoms with Crippen LogP contribution in [0.4, 0.5) is 11.5 Å². The van der Waals surface area contributed by atoms with Crippen LogP contribution in [0.15, 0.2) is 29.4 Å². The van der Waals surface area contributed by atoms with E-state index in [2.05, 4.69) is 15.6 Å². The molecule has 0 bridgehead atoms. The smallest absolute Gasteiger partial charge is 0.335 e. The summed E-state index contributed by atoms with van der Waals surface area (Å²) in [5.41, 5.74) is 3.58. The number of hydrazone groups is 1. The Morgan fingerprint density at radius 2 is 2.10 bits per heavy atom. The Morgan fingerprint density at radius 3 is 2.70 bits per heavy atom. The maximum atomic E-state index is 11.0. The van der Waals surface area contributed by atoms with Crippen LogP contribution in [0.1, 0.15) is 11.3 Å². The molecule has 0 aliphatic rings. The second kappa shape index (κ2) is 5.39. The largest absolute Gasteiger partial charge is 0.508 e. The lowest BCUT2D eigenvalue weighted by atomic mass is 10.2. The molecule has 1 aromatic carbocycles. The van der Waals surface area contributed by atoms with Crippen LogP contribution in [0.5, 0.6) is 5.75 Å². The summed E-state index contributed by atoms with van der Waals surface area (Å²) in [5.74, 6) is 0.371. The second-order valence-electron chi connectivity index (χ2n) is 4.12. The number of nitro groups is 1. The van der Waals surface area contributed by atoms with Crippen LogP contribution in [0.3, 0.4) is 0 Å². The molecule has 0 saturated heterocycles. The first-order valence-electron chi connectivity index (χ1n) is 5.75. The molecule has 0 fully saturated rings. The van der Waals surface area contributed by atoms with Gasteiger partial charge in [0.2, 0.25) is 5.82 Å². The molecule has 0 aliphatic heterocycles. The molecule has 2 aromatic rings. The van der Waals surface area contributed by atoms with E-state index >= 15 is 0 Å². The van der Waals surface area contributed by atoms with Crippen molar-refractivity contribution in [3.05, 3.63) is 45.6 Å². The second-order valence-corrected chi connectivity index (χ2v) is 4.12. The Bertz CT molecular complexity index is 660. The molecule has 1 aromatic heterocycles. The zero-order chi connectivity index (χ0) is 14.7. The van der Waals surface area contributed by atoms with Gasteiger partial charge in [-0.1, -0.05) is 0 Å². The number of anilines is 1. The average molecular weight is 275 g/mol. The molecule has 0 atom stereocenters. The molecule has 0 aliphatic carbocycles. The summed E-state index contributed by atoms with van der Waals surface area (Å²) in [5, 5.41) is 28.0. The van der Waals surface area contributed by atoms with Crippen molar-refractivity contribution < 1.29 is 10.0 Å². The van der Waals surface area contributed by atoms with Gasteiger partial charge in [-0.3, -0.25) is 15.5 Å². The van der Waals surface area contributed by atoms with E-state index in [1.165, 1.54) is 23.0 Å². The van der Waals surface area contributed by atoms with E-state index in [1.54, 1.807) is 26.1 Å². The van der Waals surface area contributed by atoms with E-state index in [1.807, 2.05) is 0 Å². The van der Waals surface area contributed by atoms with Crippen molar-refractivity contribution in [1.82, 2.24) is 9.78 Å². The molecule has 20 heavy (non-hydrogen) atoms. The van der Waals surface area contributed by atoms with Gasteiger partial charge in [-0.05, 0) is 36.8 Å². The van der Waals surface area contributed by atoms with Crippen molar-refractivity contribution in [3.63, 3.8) is 0 Å². The third-order valence-corrected chi connectivity index (χ3v) is 2.65. The van der Waals surface area contributed by atoms with Crippen molar-refractivity contribution in [2.75, 3.05) is 5.43 Å². The van der Waals surface area contributed by atoms with Crippen LogP contribution in [0.25, 0.3) is 0 Å². The minimum atomic E-state index is -0.499. The molecule has 2 rings (SSSR count). The molecule has 0 radical (unpaired) electrons. The van der Waals surface area contributed by atoms with Crippen molar-refractivity contribution in [3.8, 4) is 5.75 Å². The molecule has 0 unspecified atom stereocenters. The Balaban J connectivity index is 2.19. The molecule has 8 heteroatoms. The molecule has 2 N–H and O–H groups in total. The number of phenolic OH excluding ortho intramolecular Hbond substituents is 1. The number of rotatable bonds is 4. The highest BCUT2D eigenvalue weighted by Gasteiger charge is 2.23. The van der Waals surface area contributed by atoms with E-state index in [4.69, 9.17) is 5.11 Å². The number of aryl methyl sites for hydroxylation is 2.